The number of amides is 1. The molecule has 1 N–H and O–H groups in total. The molecule has 1 amide bonds. The minimum atomic E-state index is -0.693. The van der Waals surface area contributed by atoms with E-state index in [1.54, 1.807) is 0 Å². The van der Waals surface area contributed by atoms with E-state index in [9.17, 15) is 9.18 Å². The van der Waals surface area contributed by atoms with E-state index in [1.807, 2.05) is 0 Å². The van der Waals surface area contributed by atoms with Crippen molar-refractivity contribution in [3.63, 3.8) is 0 Å². The summed E-state index contributed by atoms with van der Waals surface area (Å²) < 4.78 is 13.1. The summed E-state index contributed by atoms with van der Waals surface area (Å²) in [4.78, 5) is 11.3. The van der Waals surface area contributed by atoms with Gasteiger partial charge in [-0.25, -0.2) is 4.39 Å². The van der Waals surface area contributed by atoms with Crippen molar-refractivity contribution in [2.24, 2.45) is 0 Å². The van der Waals surface area contributed by atoms with E-state index in [0.717, 1.165) is 0 Å². The molecule has 0 unspecified atom stereocenters. The van der Waals surface area contributed by atoms with Crippen molar-refractivity contribution in [3.8, 4) is 0 Å². The average molecular weight is 285 g/mol. The predicted octanol–water partition coefficient (Wildman–Crippen LogP) is 4.09. The van der Waals surface area contributed by atoms with Crippen molar-refractivity contribution in [1.29, 1.82) is 0 Å². The molecule has 0 aliphatic heterocycles. The largest absolute Gasteiger partial charge is 0.326 e. The maximum atomic E-state index is 13.1. The van der Waals surface area contributed by atoms with E-state index in [2.05, 4.69) is 5.32 Å². The molecule has 0 fully saturated rings. The summed E-state index contributed by atoms with van der Waals surface area (Å²) in [6.45, 7) is 0. The number of rotatable bonds is 4. The third kappa shape index (κ3) is 3.81. The highest BCUT2D eigenvalue weighted by molar-refractivity contribution is 6.35. The Balaban J connectivity index is 2.71. The summed E-state index contributed by atoms with van der Waals surface area (Å²) in [6, 6.07) is 2.61. The number of nitrogens with one attached hydrogen (secondary N) is 1. The fourth-order valence-electron chi connectivity index (χ4n) is 1.08. The molecule has 88 valence electrons. The summed E-state index contributed by atoms with van der Waals surface area (Å²) in [5, 5.41) is 2.30. The van der Waals surface area contributed by atoms with Gasteiger partial charge < -0.3 is 5.32 Å². The predicted molar refractivity (Wildman–Crippen MR) is 65.0 cm³/mol. The topological polar surface area (TPSA) is 29.1 Å². The molecule has 0 heterocycles. The molecule has 0 saturated heterocycles. The fourth-order valence-corrected chi connectivity index (χ4v) is 1.70. The third-order valence-corrected chi connectivity index (χ3v) is 2.62. The molecule has 0 atom stereocenters. The number of benzene rings is 1. The van der Waals surface area contributed by atoms with Gasteiger partial charge in [-0.2, -0.15) is 0 Å². The van der Waals surface area contributed by atoms with Gasteiger partial charge in [0.1, 0.15) is 0 Å². The first-order chi connectivity index (χ1) is 7.54. The molecule has 0 aliphatic carbocycles. The van der Waals surface area contributed by atoms with Crippen LogP contribution >= 0.6 is 34.8 Å². The van der Waals surface area contributed by atoms with Crippen LogP contribution in [-0.4, -0.2) is 11.8 Å². The van der Waals surface area contributed by atoms with Gasteiger partial charge in [0, 0.05) is 18.0 Å². The molecule has 6 heteroatoms. The second-order valence-electron chi connectivity index (χ2n) is 3.09. The maximum absolute atomic E-state index is 13.1. The highest BCUT2D eigenvalue weighted by Gasteiger charge is 2.09. The quantitative estimate of drug-likeness (QED) is 0.655. The zero-order valence-corrected chi connectivity index (χ0v) is 10.5. The Morgan fingerprint density at radius 3 is 2.38 bits per heavy atom. The normalized spacial score (nSPS) is 10.2. The van der Waals surface area contributed by atoms with E-state index < -0.39 is 5.82 Å². The standard InChI is InChI=1S/C10H9Cl3FNO/c11-3-1-2-9(16)15-6-4-7(12)10(14)8(13)5-6/h4-5H,1-3H2,(H,15,16). The lowest BCUT2D eigenvalue weighted by molar-refractivity contribution is -0.116. The van der Waals surface area contributed by atoms with Gasteiger partial charge >= 0.3 is 0 Å². The Labute approximate surface area is 108 Å². The Morgan fingerprint density at radius 2 is 1.88 bits per heavy atom. The fraction of sp³-hybridized carbons (Fsp3) is 0.300. The van der Waals surface area contributed by atoms with E-state index in [4.69, 9.17) is 34.8 Å². The van der Waals surface area contributed by atoms with E-state index in [1.165, 1.54) is 12.1 Å². The van der Waals surface area contributed by atoms with Gasteiger partial charge in [-0.1, -0.05) is 23.2 Å². The lowest BCUT2D eigenvalue weighted by Gasteiger charge is -2.06. The maximum Gasteiger partial charge on any atom is 0.224 e. The molecule has 1 aromatic rings. The zero-order chi connectivity index (χ0) is 12.1. The van der Waals surface area contributed by atoms with E-state index in [0.29, 0.717) is 24.4 Å². The lowest BCUT2D eigenvalue weighted by atomic mass is 10.2. The van der Waals surface area contributed by atoms with Gasteiger partial charge in [0.2, 0.25) is 5.91 Å². The van der Waals surface area contributed by atoms with Crippen molar-refractivity contribution in [2.45, 2.75) is 12.8 Å². The molecular weight excluding hydrogens is 275 g/mol. The van der Waals surface area contributed by atoms with Gasteiger partial charge in [0.25, 0.3) is 0 Å². The van der Waals surface area contributed by atoms with Crippen LogP contribution in [0.25, 0.3) is 0 Å². The average Bonchev–Trinajstić information content (AvgIpc) is 2.23. The van der Waals surface area contributed by atoms with Gasteiger partial charge in [-0.15, -0.1) is 11.6 Å². The van der Waals surface area contributed by atoms with Gasteiger partial charge in [-0.3, -0.25) is 4.79 Å². The van der Waals surface area contributed by atoms with Crippen LogP contribution in [0.1, 0.15) is 12.8 Å². The van der Waals surface area contributed by atoms with Gasteiger partial charge in [0.15, 0.2) is 5.82 Å². The highest BCUT2D eigenvalue weighted by Crippen LogP contribution is 2.27. The first-order valence-electron chi connectivity index (χ1n) is 4.55. The molecule has 16 heavy (non-hydrogen) atoms. The van der Waals surface area contributed by atoms with Crippen LogP contribution < -0.4 is 5.32 Å². The number of carbonyl (C=O) groups is 1. The molecule has 0 radical (unpaired) electrons. The molecule has 0 spiro atoms. The molecule has 2 nitrogen and oxygen atoms in total. The first-order valence-corrected chi connectivity index (χ1v) is 5.84. The van der Waals surface area contributed by atoms with Crippen molar-refractivity contribution < 1.29 is 9.18 Å². The Morgan fingerprint density at radius 1 is 1.31 bits per heavy atom. The van der Waals surface area contributed by atoms with Crippen LogP contribution in [0.3, 0.4) is 0 Å². The number of alkyl halides is 1. The van der Waals surface area contributed by atoms with Crippen LogP contribution in [0, 0.1) is 5.82 Å². The molecule has 0 saturated carbocycles. The smallest absolute Gasteiger partial charge is 0.224 e. The minimum absolute atomic E-state index is 0.125. The molecule has 0 aromatic heterocycles. The van der Waals surface area contributed by atoms with Gasteiger partial charge in [0.05, 0.1) is 10.0 Å². The molecule has 1 rings (SSSR count). The summed E-state index contributed by atoms with van der Waals surface area (Å²) in [7, 11) is 0. The number of halogens is 4. The summed E-state index contributed by atoms with van der Waals surface area (Å²) >= 11 is 16.6. The second-order valence-corrected chi connectivity index (χ2v) is 4.29. The SMILES string of the molecule is O=C(CCCCl)Nc1cc(Cl)c(F)c(Cl)c1. The third-order valence-electron chi connectivity index (χ3n) is 1.81. The molecule has 0 bridgehead atoms. The number of hydrogen-bond donors (Lipinski definition) is 1. The van der Waals surface area contributed by atoms with E-state index >= 15 is 0 Å². The molecule has 0 aliphatic rings. The summed E-state index contributed by atoms with van der Waals surface area (Å²) in [5.41, 5.74) is 0.371. The molecule has 1 aromatic carbocycles. The van der Waals surface area contributed by atoms with Crippen molar-refractivity contribution >= 4 is 46.4 Å². The first kappa shape index (κ1) is 13.6. The van der Waals surface area contributed by atoms with Crippen LogP contribution in [0.4, 0.5) is 10.1 Å². The summed E-state index contributed by atoms with van der Waals surface area (Å²) in [6.07, 6.45) is 0.881. The zero-order valence-electron chi connectivity index (χ0n) is 8.20. The number of carbonyl (C=O) groups excluding carboxylic acids is 1. The van der Waals surface area contributed by atoms with Crippen LogP contribution in [0.5, 0.6) is 0 Å². The van der Waals surface area contributed by atoms with Crippen molar-refractivity contribution in [1.82, 2.24) is 0 Å². The number of anilines is 1. The van der Waals surface area contributed by atoms with Crippen molar-refractivity contribution in [2.75, 3.05) is 11.2 Å². The second kappa shape index (κ2) is 6.28. The lowest BCUT2D eigenvalue weighted by Crippen LogP contribution is -2.11. The highest BCUT2D eigenvalue weighted by atomic mass is 35.5. The van der Waals surface area contributed by atoms with Crippen molar-refractivity contribution in [3.05, 3.63) is 28.0 Å². The molecular formula is C10H9Cl3FNO. The Bertz CT molecular complexity index is 375. The van der Waals surface area contributed by atoms with Crippen LogP contribution in [-0.2, 0) is 4.79 Å². The van der Waals surface area contributed by atoms with E-state index in [-0.39, 0.29) is 16.0 Å². The monoisotopic (exact) mass is 283 g/mol. The van der Waals surface area contributed by atoms with Crippen LogP contribution in [0.2, 0.25) is 10.0 Å². The minimum Gasteiger partial charge on any atom is -0.326 e. The summed E-state index contributed by atoms with van der Waals surface area (Å²) in [5.74, 6) is -0.486. The Hall–Kier alpha value is -0.510. The van der Waals surface area contributed by atoms with Crippen LogP contribution in [0.15, 0.2) is 12.1 Å². The Kier molecular flexibility index (Phi) is 5.32. The number of hydrogen-bond acceptors (Lipinski definition) is 1. The van der Waals surface area contributed by atoms with Gasteiger partial charge in [-0.05, 0) is 18.6 Å².